The molecule has 2 aromatic rings. The Kier molecular flexibility index (Phi) is 6.38. The van der Waals surface area contributed by atoms with Crippen LogP contribution in [0.4, 0.5) is 0 Å². The van der Waals surface area contributed by atoms with Crippen molar-refractivity contribution in [3.8, 4) is 11.5 Å². The minimum absolute atomic E-state index is 0.128. The first kappa shape index (κ1) is 19.3. The molecule has 27 heavy (non-hydrogen) atoms. The smallest absolute Gasteiger partial charge is 0.260 e. The maximum absolute atomic E-state index is 12.3. The Balaban J connectivity index is 1.44. The summed E-state index contributed by atoms with van der Waals surface area (Å²) in [6.45, 7) is 6.74. The predicted octanol–water partition coefficient (Wildman–Crippen LogP) is 4.14. The van der Waals surface area contributed by atoms with Crippen molar-refractivity contribution in [3.05, 3.63) is 58.7 Å². The molecule has 0 radical (unpaired) electrons. The quantitative estimate of drug-likeness (QED) is 0.748. The van der Waals surface area contributed by atoms with E-state index in [9.17, 15) is 4.79 Å². The minimum Gasteiger partial charge on any atom is -0.491 e. The normalized spacial score (nSPS) is 14.2. The number of fused-ring (bicyclic) bond motifs is 1. The predicted molar refractivity (Wildman–Crippen MR) is 108 cm³/mol. The van der Waals surface area contributed by atoms with Crippen LogP contribution in [0.15, 0.2) is 36.4 Å². The second-order valence-corrected chi connectivity index (χ2v) is 7.31. The molecule has 0 aromatic heterocycles. The Morgan fingerprint density at radius 2 is 1.85 bits per heavy atom. The Bertz CT molecular complexity index is 800. The first-order valence-electron chi connectivity index (χ1n) is 9.79. The highest BCUT2D eigenvalue weighted by atomic mass is 16.5. The molecule has 2 aromatic carbocycles. The maximum atomic E-state index is 12.3. The van der Waals surface area contributed by atoms with Crippen molar-refractivity contribution in [3.63, 3.8) is 0 Å². The van der Waals surface area contributed by atoms with Crippen LogP contribution >= 0.6 is 0 Å². The third-order valence-corrected chi connectivity index (χ3v) is 4.99. The molecule has 4 nitrogen and oxygen atoms in total. The average Bonchev–Trinajstić information content (AvgIpc) is 2.66. The molecule has 0 aliphatic heterocycles. The highest BCUT2D eigenvalue weighted by molar-refractivity contribution is 5.80. The van der Waals surface area contributed by atoms with Crippen molar-refractivity contribution >= 4 is 5.91 Å². The number of rotatable bonds is 7. The molecule has 1 aliphatic rings. The van der Waals surface area contributed by atoms with Crippen molar-refractivity contribution in [2.75, 3.05) is 13.2 Å². The molecule has 0 bridgehead atoms. The summed E-state index contributed by atoms with van der Waals surface area (Å²) in [5.41, 5.74) is 5.08. The van der Waals surface area contributed by atoms with E-state index in [0.717, 1.165) is 29.9 Å². The van der Waals surface area contributed by atoms with Gasteiger partial charge in [0.15, 0.2) is 6.10 Å². The van der Waals surface area contributed by atoms with Crippen LogP contribution in [0.3, 0.4) is 0 Å². The lowest BCUT2D eigenvalue weighted by Crippen LogP contribution is -2.38. The summed E-state index contributed by atoms with van der Waals surface area (Å²) in [4.78, 5) is 12.3. The van der Waals surface area contributed by atoms with E-state index in [-0.39, 0.29) is 5.91 Å². The van der Waals surface area contributed by atoms with Gasteiger partial charge in [0.25, 0.3) is 5.91 Å². The molecule has 0 saturated carbocycles. The lowest BCUT2D eigenvalue weighted by Gasteiger charge is -2.19. The Morgan fingerprint density at radius 3 is 2.63 bits per heavy atom. The number of hydrogen-bond donors (Lipinski definition) is 1. The molecule has 1 atom stereocenters. The van der Waals surface area contributed by atoms with E-state index in [4.69, 9.17) is 9.47 Å². The topological polar surface area (TPSA) is 47.6 Å². The Morgan fingerprint density at radius 1 is 1.07 bits per heavy atom. The van der Waals surface area contributed by atoms with E-state index >= 15 is 0 Å². The van der Waals surface area contributed by atoms with Gasteiger partial charge in [-0.15, -0.1) is 0 Å². The zero-order chi connectivity index (χ0) is 19.2. The fourth-order valence-corrected chi connectivity index (χ4v) is 3.48. The average molecular weight is 367 g/mol. The molecule has 0 spiro atoms. The van der Waals surface area contributed by atoms with Gasteiger partial charge in [-0.1, -0.05) is 23.8 Å². The molecule has 0 fully saturated rings. The Labute approximate surface area is 161 Å². The molecular weight excluding hydrogens is 338 g/mol. The third-order valence-electron chi connectivity index (χ3n) is 4.99. The van der Waals surface area contributed by atoms with Crippen LogP contribution in [0, 0.1) is 13.8 Å². The molecule has 4 heteroatoms. The molecule has 1 unspecified atom stereocenters. The van der Waals surface area contributed by atoms with Gasteiger partial charge in [0.1, 0.15) is 18.1 Å². The van der Waals surface area contributed by atoms with E-state index in [2.05, 4.69) is 30.4 Å². The van der Waals surface area contributed by atoms with E-state index in [1.54, 1.807) is 6.92 Å². The summed E-state index contributed by atoms with van der Waals surface area (Å²) >= 11 is 0. The summed E-state index contributed by atoms with van der Waals surface area (Å²) in [7, 11) is 0. The second-order valence-electron chi connectivity index (χ2n) is 7.31. The number of carbonyl (C=O) groups is 1. The summed E-state index contributed by atoms with van der Waals surface area (Å²) in [5.74, 6) is 1.50. The van der Waals surface area contributed by atoms with Crippen LogP contribution in [0.2, 0.25) is 0 Å². The number of aryl methyl sites for hydroxylation is 4. The second kappa shape index (κ2) is 8.94. The van der Waals surface area contributed by atoms with Crippen LogP contribution in [-0.4, -0.2) is 25.2 Å². The van der Waals surface area contributed by atoms with Crippen LogP contribution in [-0.2, 0) is 17.6 Å². The van der Waals surface area contributed by atoms with Crippen molar-refractivity contribution in [2.24, 2.45) is 0 Å². The monoisotopic (exact) mass is 367 g/mol. The van der Waals surface area contributed by atoms with Crippen molar-refractivity contribution in [2.45, 2.75) is 52.6 Å². The fourth-order valence-electron chi connectivity index (χ4n) is 3.48. The van der Waals surface area contributed by atoms with Crippen molar-refractivity contribution in [1.82, 2.24) is 5.32 Å². The molecule has 3 rings (SSSR count). The number of benzene rings is 2. The summed E-state index contributed by atoms with van der Waals surface area (Å²) < 4.78 is 11.6. The van der Waals surface area contributed by atoms with Gasteiger partial charge in [-0.25, -0.2) is 0 Å². The number of hydrogen-bond acceptors (Lipinski definition) is 3. The zero-order valence-electron chi connectivity index (χ0n) is 16.5. The largest absolute Gasteiger partial charge is 0.491 e. The summed E-state index contributed by atoms with van der Waals surface area (Å²) in [5, 5.41) is 2.88. The van der Waals surface area contributed by atoms with Gasteiger partial charge in [0.05, 0.1) is 6.54 Å². The summed E-state index contributed by atoms with van der Waals surface area (Å²) in [6.07, 6.45) is 4.20. The molecule has 1 aliphatic carbocycles. The number of amides is 1. The molecule has 0 heterocycles. The molecular formula is C23H29NO3. The minimum atomic E-state index is -0.534. The van der Waals surface area contributed by atoms with Gasteiger partial charge < -0.3 is 14.8 Å². The third kappa shape index (κ3) is 5.25. The zero-order valence-corrected chi connectivity index (χ0v) is 16.5. The van der Waals surface area contributed by atoms with Crippen LogP contribution < -0.4 is 14.8 Å². The van der Waals surface area contributed by atoms with Gasteiger partial charge >= 0.3 is 0 Å². The SMILES string of the molecule is Cc1ccc(OCCNC(=O)C(C)Oc2ccc3c(c2)CCCC3)c(C)c1. The van der Waals surface area contributed by atoms with Gasteiger partial charge in [-0.2, -0.15) is 0 Å². The molecule has 144 valence electrons. The van der Waals surface area contributed by atoms with Gasteiger partial charge in [-0.3, -0.25) is 4.79 Å². The number of nitrogens with one attached hydrogen (secondary N) is 1. The van der Waals surface area contributed by atoms with E-state index in [1.165, 1.54) is 29.5 Å². The fraction of sp³-hybridized carbons (Fsp3) is 0.435. The first-order valence-corrected chi connectivity index (χ1v) is 9.79. The maximum Gasteiger partial charge on any atom is 0.260 e. The van der Waals surface area contributed by atoms with E-state index < -0.39 is 6.10 Å². The van der Waals surface area contributed by atoms with Crippen LogP contribution in [0.1, 0.15) is 42.0 Å². The molecule has 1 amide bonds. The van der Waals surface area contributed by atoms with Gasteiger partial charge in [0.2, 0.25) is 0 Å². The number of ether oxygens (including phenoxy) is 2. The van der Waals surface area contributed by atoms with Crippen LogP contribution in [0.25, 0.3) is 0 Å². The highest BCUT2D eigenvalue weighted by Gasteiger charge is 2.16. The number of carbonyl (C=O) groups excluding carboxylic acids is 1. The van der Waals surface area contributed by atoms with Crippen LogP contribution in [0.5, 0.6) is 11.5 Å². The Hall–Kier alpha value is -2.49. The molecule has 1 N–H and O–H groups in total. The molecule has 0 saturated heterocycles. The standard InChI is InChI=1S/C23H29NO3/c1-16-8-11-22(17(2)14-16)26-13-12-24-23(25)18(3)27-21-10-9-19-6-4-5-7-20(19)15-21/h8-11,14-15,18H,4-7,12-13H2,1-3H3,(H,24,25). The lowest BCUT2D eigenvalue weighted by molar-refractivity contribution is -0.127. The first-order chi connectivity index (χ1) is 13.0. The lowest BCUT2D eigenvalue weighted by atomic mass is 9.92. The van der Waals surface area contributed by atoms with Crippen molar-refractivity contribution in [1.29, 1.82) is 0 Å². The van der Waals surface area contributed by atoms with Gasteiger partial charge in [-0.05, 0) is 81.3 Å². The summed E-state index contributed by atoms with van der Waals surface area (Å²) in [6, 6.07) is 12.3. The van der Waals surface area contributed by atoms with Gasteiger partial charge in [0, 0.05) is 0 Å². The van der Waals surface area contributed by atoms with Crippen molar-refractivity contribution < 1.29 is 14.3 Å². The van der Waals surface area contributed by atoms with E-state index in [1.807, 2.05) is 25.1 Å². The highest BCUT2D eigenvalue weighted by Crippen LogP contribution is 2.25. The van der Waals surface area contributed by atoms with E-state index in [0.29, 0.717) is 13.2 Å².